The Morgan fingerprint density at radius 2 is 2.27 bits per heavy atom. The fraction of sp³-hybridized carbons (Fsp3) is 0.200. The zero-order chi connectivity index (χ0) is 11.0. The first-order valence-electron chi connectivity index (χ1n) is 4.42. The number of benzene rings is 1. The molecule has 1 aromatic carbocycles. The lowest BCUT2D eigenvalue weighted by Crippen LogP contribution is -2.12. The van der Waals surface area contributed by atoms with Crippen LogP contribution in [0.4, 0.5) is 0 Å². The Kier molecular flexibility index (Phi) is 2.07. The predicted molar refractivity (Wildman–Crippen MR) is 56.3 cm³/mol. The molecule has 0 saturated heterocycles. The second kappa shape index (κ2) is 3.27. The van der Waals surface area contributed by atoms with E-state index in [1.165, 1.54) is 7.11 Å². The van der Waals surface area contributed by atoms with Crippen LogP contribution >= 0.6 is 0 Å². The summed E-state index contributed by atoms with van der Waals surface area (Å²) in [4.78, 5) is 4.18. The van der Waals surface area contributed by atoms with Gasteiger partial charge in [0.25, 0.3) is 0 Å². The molecule has 5 nitrogen and oxygen atoms in total. The number of aryl methyl sites for hydroxylation is 1. The topological polar surface area (TPSA) is 85.1 Å². The molecule has 0 spiro atoms. The standard InChI is InChI=1S/C10H11N3O2/c1-5-13-8-7(15-5)4-3-6(10(11)12)9(8)14-2/h3-4H,1-2H3,(H3,11,12). The van der Waals surface area contributed by atoms with Crippen LogP contribution in [-0.4, -0.2) is 17.9 Å². The summed E-state index contributed by atoms with van der Waals surface area (Å²) in [6.07, 6.45) is 0. The van der Waals surface area contributed by atoms with Gasteiger partial charge in [-0.3, -0.25) is 5.41 Å². The van der Waals surface area contributed by atoms with E-state index in [9.17, 15) is 0 Å². The van der Waals surface area contributed by atoms with Crippen molar-refractivity contribution in [2.75, 3.05) is 7.11 Å². The second-order valence-corrected chi connectivity index (χ2v) is 3.14. The SMILES string of the molecule is COc1c(C(=N)N)ccc2oc(C)nc12. The number of nitrogen functional groups attached to an aromatic ring is 1. The van der Waals surface area contributed by atoms with Crippen molar-refractivity contribution in [1.82, 2.24) is 4.98 Å². The first-order chi connectivity index (χ1) is 7.13. The molecule has 0 fully saturated rings. The molecule has 78 valence electrons. The number of rotatable bonds is 2. The molecule has 0 unspecified atom stereocenters. The summed E-state index contributed by atoms with van der Waals surface area (Å²) >= 11 is 0. The molecule has 0 aliphatic heterocycles. The lowest BCUT2D eigenvalue weighted by molar-refractivity contribution is 0.418. The van der Waals surface area contributed by atoms with E-state index in [-0.39, 0.29) is 5.84 Å². The number of amidine groups is 1. The van der Waals surface area contributed by atoms with E-state index in [0.29, 0.717) is 28.3 Å². The number of nitrogens with zero attached hydrogens (tertiary/aromatic N) is 1. The molecule has 0 aliphatic rings. The van der Waals surface area contributed by atoms with Crippen molar-refractivity contribution in [3.63, 3.8) is 0 Å². The van der Waals surface area contributed by atoms with Gasteiger partial charge in [0.2, 0.25) is 0 Å². The van der Waals surface area contributed by atoms with Crippen LogP contribution in [0.5, 0.6) is 5.75 Å². The van der Waals surface area contributed by atoms with E-state index in [4.69, 9.17) is 20.3 Å². The first-order valence-corrected chi connectivity index (χ1v) is 4.42. The van der Waals surface area contributed by atoms with Crippen LogP contribution in [0.25, 0.3) is 11.1 Å². The highest BCUT2D eigenvalue weighted by atomic mass is 16.5. The van der Waals surface area contributed by atoms with E-state index < -0.39 is 0 Å². The van der Waals surface area contributed by atoms with Gasteiger partial charge in [-0.1, -0.05) is 0 Å². The zero-order valence-electron chi connectivity index (χ0n) is 8.50. The number of oxazole rings is 1. The molecular weight excluding hydrogens is 194 g/mol. The molecule has 0 bridgehead atoms. The molecule has 3 N–H and O–H groups in total. The van der Waals surface area contributed by atoms with Crippen LogP contribution in [0.15, 0.2) is 16.5 Å². The van der Waals surface area contributed by atoms with Gasteiger partial charge in [-0.25, -0.2) is 4.98 Å². The molecular formula is C10H11N3O2. The van der Waals surface area contributed by atoms with Crippen LogP contribution in [-0.2, 0) is 0 Å². The molecule has 0 amide bonds. The van der Waals surface area contributed by atoms with Crippen molar-refractivity contribution in [2.45, 2.75) is 6.92 Å². The molecule has 15 heavy (non-hydrogen) atoms. The second-order valence-electron chi connectivity index (χ2n) is 3.14. The molecule has 5 heteroatoms. The summed E-state index contributed by atoms with van der Waals surface area (Å²) in [5, 5.41) is 7.40. The van der Waals surface area contributed by atoms with E-state index in [1.807, 2.05) is 0 Å². The van der Waals surface area contributed by atoms with Gasteiger partial charge in [-0.15, -0.1) is 0 Å². The average Bonchev–Trinajstić information content (AvgIpc) is 2.55. The summed E-state index contributed by atoms with van der Waals surface area (Å²) in [6.45, 7) is 1.76. The molecule has 2 aromatic rings. The van der Waals surface area contributed by atoms with Gasteiger partial charge in [0, 0.05) is 6.92 Å². The van der Waals surface area contributed by atoms with Crippen LogP contribution < -0.4 is 10.5 Å². The number of hydrogen-bond acceptors (Lipinski definition) is 4. The fourth-order valence-electron chi connectivity index (χ4n) is 1.50. The van der Waals surface area contributed by atoms with Crippen molar-refractivity contribution < 1.29 is 9.15 Å². The summed E-state index contributed by atoms with van der Waals surface area (Å²) < 4.78 is 10.5. The Morgan fingerprint density at radius 1 is 1.53 bits per heavy atom. The molecule has 0 aliphatic carbocycles. The third-order valence-corrected chi connectivity index (χ3v) is 2.12. The third-order valence-electron chi connectivity index (χ3n) is 2.12. The highest BCUT2D eigenvalue weighted by Gasteiger charge is 2.14. The summed E-state index contributed by atoms with van der Waals surface area (Å²) in [5.41, 5.74) is 7.19. The lowest BCUT2D eigenvalue weighted by Gasteiger charge is -2.06. The Balaban J connectivity index is 2.80. The minimum atomic E-state index is -0.0468. The Labute approximate surface area is 86.4 Å². The number of fused-ring (bicyclic) bond motifs is 1. The Hall–Kier alpha value is -2.04. The maximum absolute atomic E-state index is 7.40. The first kappa shape index (κ1) is 9.51. The molecule has 1 aromatic heterocycles. The maximum Gasteiger partial charge on any atom is 0.192 e. The lowest BCUT2D eigenvalue weighted by atomic mass is 10.1. The van der Waals surface area contributed by atoms with Gasteiger partial charge in [0.1, 0.15) is 5.84 Å². The van der Waals surface area contributed by atoms with Gasteiger partial charge in [0.15, 0.2) is 22.7 Å². The highest BCUT2D eigenvalue weighted by Crippen LogP contribution is 2.29. The monoisotopic (exact) mass is 205 g/mol. The van der Waals surface area contributed by atoms with Crippen LogP contribution in [0.1, 0.15) is 11.5 Å². The average molecular weight is 205 g/mol. The fourth-order valence-corrected chi connectivity index (χ4v) is 1.50. The largest absolute Gasteiger partial charge is 0.494 e. The summed E-state index contributed by atoms with van der Waals surface area (Å²) in [5.74, 6) is 0.996. The van der Waals surface area contributed by atoms with Crippen molar-refractivity contribution >= 4 is 16.9 Å². The Morgan fingerprint density at radius 3 is 2.87 bits per heavy atom. The number of hydrogen-bond donors (Lipinski definition) is 2. The van der Waals surface area contributed by atoms with Crippen molar-refractivity contribution in [3.05, 3.63) is 23.6 Å². The van der Waals surface area contributed by atoms with Gasteiger partial charge in [-0.2, -0.15) is 0 Å². The molecule has 0 saturated carbocycles. The smallest absolute Gasteiger partial charge is 0.192 e. The van der Waals surface area contributed by atoms with E-state index in [1.54, 1.807) is 19.1 Å². The number of nitrogens with two attached hydrogens (primary N) is 1. The normalized spacial score (nSPS) is 10.5. The van der Waals surface area contributed by atoms with Gasteiger partial charge >= 0.3 is 0 Å². The van der Waals surface area contributed by atoms with Crippen molar-refractivity contribution in [3.8, 4) is 5.75 Å². The van der Waals surface area contributed by atoms with E-state index >= 15 is 0 Å². The molecule has 2 rings (SSSR count). The number of methoxy groups -OCH3 is 1. The quantitative estimate of drug-likeness (QED) is 0.573. The van der Waals surface area contributed by atoms with Crippen molar-refractivity contribution in [1.29, 1.82) is 5.41 Å². The van der Waals surface area contributed by atoms with Crippen LogP contribution in [0.2, 0.25) is 0 Å². The van der Waals surface area contributed by atoms with Crippen LogP contribution in [0.3, 0.4) is 0 Å². The van der Waals surface area contributed by atoms with Crippen LogP contribution in [0, 0.1) is 12.3 Å². The van der Waals surface area contributed by atoms with Gasteiger partial charge in [-0.05, 0) is 12.1 Å². The molecule has 0 radical (unpaired) electrons. The zero-order valence-corrected chi connectivity index (χ0v) is 8.50. The predicted octanol–water partition coefficient (Wildman–Crippen LogP) is 1.43. The highest BCUT2D eigenvalue weighted by molar-refractivity contribution is 6.02. The maximum atomic E-state index is 7.40. The summed E-state index contributed by atoms with van der Waals surface area (Å²) in [7, 11) is 1.52. The molecule has 0 atom stereocenters. The number of nitrogens with one attached hydrogen (secondary N) is 1. The number of aromatic nitrogens is 1. The Bertz CT molecular complexity index is 531. The molecule has 1 heterocycles. The van der Waals surface area contributed by atoms with E-state index in [2.05, 4.69) is 4.98 Å². The van der Waals surface area contributed by atoms with Crippen molar-refractivity contribution in [2.24, 2.45) is 5.73 Å². The number of ether oxygens (including phenoxy) is 1. The van der Waals surface area contributed by atoms with Gasteiger partial charge in [0.05, 0.1) is 12.7 Å². The summed E-state index contributed by atoms with van der Waals surface area (Å²) in [6, 6.07) is 3.42. The van der Waals surface area contributed by atoms with E-state index in [0.717, 1.165) is 0 Å². The third kappa shape index (κ3) is 1.41. The minimum Gasteiger partial charge on any atom is -0.494 e. The minimum absolute atomic E-state index is 0.0468. The van der Waals surface area contributed by atoms with Gasteiger partial charge < -0.3 is 14.9 Å².